The van der Waals surface area contributed by atoms with E-state index in [-0.39, 0.29) is 11.8 Å². The molecule has 2 heterocycles. The molecular weight excluding hydrogens is 467 g/mol. The molecule has 0 saturated carbocycles. The minimum atomic E-state index is -0.0334. The SMILES string of the molecule is O=C(NCCNc1ccnc2cc(Cl)ccc12)C1CCCN(Cc2c(Cl)cccc2Cl)C1. The molecule has 4 rings (SSSR count). The Labute approximate surface area is 203 Å². The zero-order chi connectivity index (χ0) is 22.5. The second-order valence-corrected chi connectivity index (χ2v) is 9.26. The molecule has 0 spiro atoms. The third-order valence-electron chi connectivity index (χ3n) is 5.76. The monoisotopic (exact) mass is 490 g/mol. The fourth-order valence-electron chi connectivity index (χ4n) is 4.12. The Kier molecular flexibility index (Phi) is 7.74. The van der Waals surface area contributed by atoms with Crippen molar-refractivity contribution in [2.75, 3.05) is 31.5 Å². The Morgan fingerprint density at radius 1 is 1.09 bits per heavy atom. The lowest BCUT2D eigenvalue weighted by Gasteiger charge is -2.32. The van der Waals surface area contributed by atoms with Crippen LogP contribution in [0, 0.1) is 5.92 Å². The Balaban J connectivity index is 1.27. The van der Waals surface area contributed by atoms with Crippen LogP contribution in [0.5, 0.6) is 0 Å². The molecule has 0 radical (unpaired) electrons. The molecule has 1 atom stereocenters. The van der Waals surface area contributed by atoms with Crippen molar-refractivity contribution in [2.45, 2.75) is 19.4 Å². The number of halogens is 3. The number of fused-ring (bicyclic) bond motifs is 1. The Morgan fingerprint density at radius 3 is 2.72 bits per heavy atom. The highest BCUT2D eigenvalue weighted by Gasteiger charge is 2.26. The van der Waals surface area contributed by atoms with E-state index in [0.29, 0.717) is 41.2 Å². The van der Waals surface area contributed by atoms with Gasteiger partial charge in [-0.1, -0.05) is 40.9 Å². The molecule has 3 aromatic rings. The molecule has 1 aliphatic heterocycles. The van der Waals surface area contributed by atoms with Gasteiger partial charge in [0.25, 0.3) is 0 Å². The number of hydrogen-bond donors (Lipinski definition) is 2. The van der Waals surface area contributed by atoms with E-state index in [1.54, 1.807) is 6.20 Å². The minimum Gasteiger partial charge on any atom is -0.383 e. The number of anilines is 1. The van der Waals surface area contributed by atoms with Gasteiger partial charge in [-0.2, -0.15) is 0 Å². The van der Waals surface area contributed by atoms with Crippen molar-refractivity contribution in [1.29, 1.82) is 0 Å². The molecule has 168 valence electrons. The van der Waals surface area contributed by atoms with Gasteiger partial charge in [-0.25, -0.2) is 0 Å². The van der Waals surface area contributed by atoms with E-state index >= 15 is 0 Å². The first-order chi connectivity index (χ1) is 15.5. The zero-order valence-corrected chi connectivity index (χ0v) is 19.9. The topological polar surface area (TPSA) is 57.3 Å². The van der Waals surface area contributed by atoms with Crippen LogP contribution in [0.1, 0.15) is 18.4 Å². The van der Waals surface area contributed by atoms with Crippen molar-refractivity contribution < 1.29 is 4.79 Å². The lowest BCUT2D eigenvalue weighted by Crippen LogP contribution is -2.43. The standard InChI is InChI=1S/C24H25Cl3N4O/c25-17-6-7-18-22(8-9-28-23(18)13-17)29-10-11-30-24(32)16-3-2-12-31(14-16)15-19-20(26)4-1-5-21(19)27/h1,4-9,13,16H,2-3,10-12,14-15H2,(H,28,29)(H,30,32). The van der Waals surface area contributed by atoms with E-state index in [2.05, 4.69) is 20.5 Å². The van der Waals surface area contributed by atoms with Crippen LogP contribution < -0.4 is 10.6 Å². The Morgan fingerprint density at radius 2 is 1.91 bits per heavy atom. The Bertz CT molecular complexity index is 1090. The molecule has 2 aromatic carbocycles. The van der Waals surface area contributed by atoms with Crippen molar-refractivity contribution in [1.82, 2.24) is 15.2 Å². The maximum Gasteiger partial charge on any atom is 0.224 e. The third-order valence-corrected chi connectivity index (χ3v) is 6.71. The highest BCUT2D eigenvalue weighted by Crippen LogP contribution is 2.28. The summed E-state index contributed by atoms with van der Waals surface area (Å²) in [4.78, 5) is 19.4. The third kappa shape index (κ3) is 5.65. The molecule has 2 N–H and O–H groups in total. The molecule has 32 heavy (non-hydrogen) atoms. The lowest BCUT2D eigenvalue weighted by atomic mass is 9.96. The number of piperidine rings is 1. The summed E-state index contributed by atoms with van der Waals surface area (Å²) >= 11 is 18.7. The van der Waals surface area contributed by atoms with Gasteiger partial charge >= 0.3 is 0 Å². The molecule has 1 aliphatic rings. The summed E-state index contributed by atoms with van der Waals surface area (Å²) in [5.74, 6) is 0.0574. The van der Waals surface area contributed by atoms with Gasteiger partial charge in [0, 0.05) is 64.1 Å². The summed E-state index contributed by atoms with van der Waals surface area (Å²) < 4.78 is 0. The number of nitrogens with one attached hydrogen (secondary N) is 2. The van der Waals surface area contributed by atoms with Gasteiger partial charge in [0.2, 0.25) is 5.91 Å². The van der Waals surface area contributed by atoms with E-state index in [4.69, 9.17) is 34.8 Å². The van der Waals surface area contributed by atoms with Gasteiger partial charge in [0.15, 0.2) is 0 Å². The summed E-state index contributed by atoms with van der Waals surface area (Å²) in [6.45, 7) is 3.47. The van der Waals surface area contributed by atoms with Crippen LogP contribution in [0.2, 0.25) is 15.1 Å². The van der Waals surface area contributed by atoms with Gasteiger partial charge in [-0.15, -0.1) is 0 Å². The average molecular weight is 492 g/mol. The fraction of sp³-hybridized carbons (Fsp3) is 0.333. The highest BCUT2D eigenvalue weighted by atomic mass is 35.5. The van der Waals surface area contributed by atoms with E-state index in [1.807, 2.05) is 42.5 Å². The number of nitrogens with zero attached hydrogens (tertiary/aromatic N) is 2. The molecule has 1 unspecified atom stereocenters. The van der Waals surface area contributed by atoms with Crippen LogP contribution >= 0.6 is 34.8 Å². The summed E-state index contributed by atoms with van der Waals surface area (Å²) in [6, 6.07) is 13.1. The second-order valence-electron chi connectivity index (χ2n) is 8.01. The number of hydrogen-bond acceptors (Lipinski definition) is 4. The van der Waals surface area contributed by atoms with Gasteiger partial charge in [-0.05, 0) is 55.8 Å². The number of amides is 1. The number of rotatable bonds is 7. The van der Waals surface area contributed by atoms with E-state index in [1.165, 1.54) is 0 Å². The fourth-order valence-corrected chi connectivity index (χ4v) is 4.81. The van der Waals surface area contributed by atoms with E-state index in [9.17, 15) is 4.79 Å². The van der Waals surface area contributed by atoms with Crippen LogP contribution in [-0.2, 0) is 11.3 Å². The minimum absolute atomic E-state index is 0.0334. The van der Waals surface area contributed by atoms with Gasteiger partial charge in [0.05, 0.1) is 11.4 Å². The number of carbonyl (C=O) groups is 1. The second kappa shape index (κ2) is 10.7. The number of pyridine rings is 1. The van der Waals surface area contributed by atoms with Gasteiger partial charge < -0.3 is 10.6 Å². The van der Waals surface area contributed by atoms with E-state index < -0.39 is 0 Å². The van der Waals surface area contributed by atoms with Crippen LogP contribution in [0.3, 0.4) is 0 Å². The molecule has 5 nitrogen and oxygen atoms in total. The highest BCUT2D eigenvalue weighted by molar-refractivity contribution is 6.36. The normalized spacial score (nSPS) is 16.8. The van der Waals surface area contributed by atoms with Crippen LogP contribution in [0.25, 0.3) is 10.9 Å². The molecule has 1 aromatic heterocycles. The molecule has 0 bridgehead atoms. The number of aromatic nitrogens is 1. The van der Waals surface area contributed by atoms with Crippen molar-refractivity contribution in [2.24, 2.45) is 5.92 Å². The number of carbonyl (C=O) groups excluding carboxylic acids is 1. The van der Waals surface area contributed by atoms with Crippen LogP contribution in [0.4, 0.5) is 5.69 Å². The van der Waals surface area contributed by atoms with Crippen molar-refractivity contribution in [3.63, 3.8) is 0 Å². The first-order valence-corrected chi connectivity index (χ1v) is 11.9. The molecule has 1 amide bonds. The number of benzene rings is 2. The summed E-state index contributed by atoms with van der Waals surface area (Å²) in [5.41, 5.74) is 2.74. The number of likely N-dealkylation sites (tertiary alicyclic amines) is 1. The van der Waals surface area contributed by atoms with Crippen molar-refractivity contribution in [3.05, 3.63) is 69.3 Å². The smallest absolute Gasteiger partial charge is 0.224 e. The largest absolute Gasteiger partial charge is 0.383 e. The first-order valence-electron chi connectivity index (χ1n) is 10.7. The van der Waals surface area contributed by atoms with Crippen molar-refractivity contribution in [3.8, 4) is 0 Å². The van der Waals surface area contributed by atoms with Crippen LogP contribution in [0.15, 0.2) is 48.7 Å². The van der Waals surface area contributed by atoms with Crippen LogP contribution in [-0.4, -0.2) is 42.0 Å². The maximum absolute atomic E-state index is 12.7. The predicted octanol–water partition coefficient (Wildman–Crippen LogP) is 5.64. The van der Waals surface area contributed by atoms with Gasteiger partial charge in [0.1, 0.15) is 0 Å². The Hall–Kier alpha value is -2.05. The molecule has 8 heteroatoms. The zero-order valence-electron chi connectivity index (χ0n) is 17.6. The molecular formula is C24H25Cl3N4O. The predicted molar refractivity (Wildman–Crippen MR) is 133 cm³/mol. The molecule has 1 fully saturated rings. The summed E-state index contributed by atoms with van der Waals surface area (Å²) in [5, 5.41) is 9.45. The lowest BCUT2D eigenvalue weighted by molar-refractivity contribution is -0.126. The first kappa shape index (κ1) is 23.1. The summed E-state index contributed by atoms with van der Waals surface area (Å²) in [6.07, 6.45) is 3.62. The molecule has 1 saturated heterocycles. The molecule has 0 aliphatic carbocycles. The quantitative estimate of drug-likeness (QED) is 0.420. The van der Waals surface area contributed by atoms with E-state index in [0.717, 1.165) is 41.5 Å². The van der Waals surface area contributed by atoms with Crippen molar-refractivity contribution >= 4 is 57.3 Å². The summed E-state index contributed by atoms with van der Waals surface area (Å²) in [7, 11) is 0. The van der Waals surface area contributed by atoms with Gasteiger partial charge in [-0.3, -0.25) is 14.7 Å². The maximum atomic E-state index is 12.7. The average Bonchev–Trinajstić information content (AvgIpc) is 2.79.